The van der Waals surface area contributed by atoms with Crippen molar-refractivity contribution in [2.75, 3.05) is 0 Å². The molecule has 6 heteroatoms. The Morgan fingerprint density at radius 2 is 1.74 bits per heavy atom. The van der Waals surface area contributed by atoms with E-state index >= 15 is 0 Å². The van der Waals surface area contributed by atoms with Crippen molar-refractivity contribution in [3.8, 4) is 22.6 Å². The van der Waals surface area contributed by atoms with Crippen molar-refractivity contribution in [1.82, 2.24) is 0 Å². The summed E-state index contributed by atoms with van der Waals surface area (Å²) in [5, 5.41) is 11.4. The van der Waals surface area contributed by atoms with Gasteiger partial charge in [0.1, 0.15) is 22.9 Å². The summed E-state index contributed by atoms with van der Waals surface area (Å²) in [6.45, 7) is 11.4. The van der Waals surface area contributed by atoms with Gasteiger partial charge in [0.25, 0.3) is 5.79 Å². The minimum absolute atomic E-state index is 0.0473. The molecular formula is C32H33FO5. The normalized spacial score (nSPS) is 16.4. The number of phenols is 1. The number of allylic oxidation sites excluding steroid dienone is 1. The fraction of sp³-hybridized carbons (Fsp3) is 0.312. The molecule has 0 spiro atoms. The highest BCUT2D eigenvalue weighted by molar-refractivity contribution is 6.01. The van der Waals surface area contributed by atoms with Crippen LogP contribution < -0.4 is 4.74 Å². The van der Waals surface area contributed by atoms with Crippen LogP contribution in [-0.4, -0.2) is 16.9 Å². The smallest absolute Gasteiger partial charge is 0.345 e. The maximum absolute atomic E-state index is 13.8. The van der Waals surface area contributed by atoms with Gasteiger partial charge in [-0.25, -0.2) is 9.18 Å². The minimum Gasteiger partial charge on any atom is -0.507 e. The summed E-state index contributed by atoms with van der Waals surface area (Å²) >= 11 is 0. The number of unbranched alkanes of at least 4 members (excludes halogenated alkanes) is 2. The largest absolute Gasteiger partial charge is 0.507 e. The molecule has 4 rings (SSSR count). The van der Waals surface area contributed by atoms with Crippen LogP contribution in [0.5, 0.6) is 11.5 Å². The molecule has 1 aliphatic rings. The van der Waals surface area contributed by atoms with Crippen LogP contribution in [0.3, 0.4) is 0 Å². The van der Waals surface area contributed by atoms with Gasteiger partial charge in [0.05, 0.1) is 12.0 Å². The average Bonchev–Trinajstić information content (AvgIpc) is 2.83. The van der Waals surface area contributed by atoms with E-state index in [1.807, 2.05) is 32.0 Å². The molecule has 0 radical (unpaired) electrons. The van der Waals surface area contributed by atoms with Crippen molar-refractivity contribution >= 4 is 17.3 Å². The highest BCUT2D eigenvalue weighted by Crippen LogP contribution is 2.51. The molecule has 0 aromatic heterocycles. The minimum atomic E-state index is -1.82. The third-order valence-corrected chi connectivity index (χ3v) is 6.79. The Hall–Kier alpha value is -3.93. The first-order valence-electron chi connectivity index (χ1n) is 12.9. The number of hydrogen-bond acceptors (Lipinski definition) is 5. The standard InChI is InChI=1S/C32H33FO5/c1-6-7-8-9-22-17-27(35)29(26-16-20(4)10-15-25(26)19(2)3)30-28(22)31(36)38-32(37-30,18-21(5)34)23-11-13-24(33)14-12-23/h10-17,35H,2,6-9,18H2,1,3-5H3. The Balaban J connectivity index is 2.03. The van der Waals surface area contributed by atoms with E-state index in [-0.39, 0.29) is 29.3 Å². The quantitative estimate of drug-likeness (QED) is 0.234. The molecule has 1 atom stereocenters. The third kappa shape index (κ3) is 5.21. The molecule has 0 bridgehead atoms. The molecule has 1 N–H and O–H groups in total. The van der Waals surface area contributed by atoms with E-state index in [4.69, 9.17) is 9.47 Å². The summed E-state index contributed by atoms with van der Waals surface area (Å²) in [5.74, 6) is -3.14. The second kappa shape index (κ2) is 10.8. The summed E-state index contributed by atoms with van der Waals surface area (Å²) in [4.78, 5) is 26.2. The number of carbonyl (C=O) groups excluding carboxylic acids is 2. The van der Waals surface area contributed by atoms with E-state index in [1.54, 1.807) is 6.07 Å². The van der Waals surface area contributed by atoms with E-state index < -0.39 is 17.6 Å². The number of aromatic hydroxyl groups is 1. The van der Waals surface area contributed by atoms with Crippen molar-refractivity contribution in [3.63, 3.8) is 0 Å². The van der Waals surface area contributed by atoms with Crippen LogP contribution in [0.2, 0.25) is 0 Å². The Morgan fingerprint density at radius 1 is 1.03 bits per heavy atom. The number of fused-ring (bicyclic) bond motifs is 1. The summed E-state index contributed by atoms with van der Waals surface area (Å²) in [7, 11) is 0. The molecule has 3 aromatic carbocycles. The maximum Gasteiger partial charge on any atom is 0.345 e. The molecule has 0 aliphatic carbocycles. The molecule has 3 aromatic rings. The van der Waals surface area contributed by atoms with E-state index in [1.165, 1.54) is 31.2 Å². The number of halogens is 1. The SMILES string of the molecule is C=C(C)c1ccc(C)cc1-c1c(O)cc(CCCCC)c2c1OC(CC(C)=O)(c1ccc(F)cc1)OC2=O. The number of aryl methyl sites for hydroxylation is 2. The second-order valence-corrected chi connectivity index (χ2v) is 10.1. The number of hydrogen-bond donors (Lipinski definition) is 1. The first-order chi connectivity index (χ1) is 18.1. The van der Waals surface area contributed by atoms with E-state index in [9.17, 15) is 19.1 Å². The predicted octanol–water partition coefficient (Wildman–Crippen LogP) is 7.65. The highest BCUT2D eigenvalue weighted by atomic mass is 19.1. The molecule has 1 aliphatic heterocycles. The molecule has 38 heavy (non-hydrogen) atoms. The van der Waals surface area contributed by atoms with Gasteiger partial charge in [-0.15, -0.1) is 0 Å². The summed E-state index contributed by atoms with van der Waals surface area (Å²) in [5.41, 5.74) is 4.63. The lowest BCUT2D eigenvalue weighted by Crippen LogP contribution is -2.44. The fourth-order valence-corrected chi connectivity index (χ4v) is 4.99. The van der Waals surface area contributed by atoms with E-state index in [0.29, 0.717) is 28.7 Å². The zero-order valence-corrected chi connectivity index (χ0v) is 22.3. The number of Topliss-reactive ketones (excluding diaryl/α,β-unsaturated/α-hetero) is 1. The van der Waals surface area contributed by atoms with E-state index in [0.717, 1.165) is 36.0 Å². The van der Waals surface area contributed by atoms with Crippen LogP contribution in [0.4, 0.5) is 4.39 Å². The first-order valence-corrected chi connectivity index (χ1v) is 12.9. The summed E-state index contributed by atoms with van der Waals surface area (Å²) in [6, 6.07) is 12.7. The summed E-state index contributed by atoms with van der Waals surface area (Å²) in [6.07, 6.45) is 3.01. The van der Waals surface area contributed by atoms with Crippen LogP contribution in [-0.2, 0) is 21.7 Å². The lowest BCUT2D eigenvalue weighted by molar-refractivity contribution is -0.171. The average molecular weight is 517 g/mol. The van der Waals surface area contributed by atoms with Crippen LogP contribution >= 0.6 is 0 Å². The van der Waals surface area contributed by atoms with Gasteiger partial charge in [-0.3, -0.25) is 4.79 Å². The lowest BCUT2D eigenvalue weighted by atomic mass is 9.88. The topological polar surface area (TPSA) is 72.8 Å². The molecule has 198 valence electrons. The van der Waals surface area contributed by atoms with Crippen molar-refractivity contribution in [2.45, 2.75) is 65.6 Å². The number of rotatable bonds is 9. The van der Waals surface area contributed by atoms with Gasteiger partial charge in [0, 0.05) is 5.56 Å². The zero-order chi connectivity index (χ0) is 27.6. The third-order valence-electron chi connectivity index (χ3n) is 6.79. The second-order valence-electron chi connectivity index (χ2n) is 10.1. The van der Waals surface area contributed by atoms with Gasteiger partial charge in [-0.2, -0.15) is 0 Å². The Bertz CT molecular complexity index is 1410. The van der Waals surface area contributed by atoms with Crippen LogP contribution in [0, 0.1) is 12.7 Å². The van der Waals surface area contributed by atoms with Gasteiger partial charge < -0.3 is 14.6 Å². The van der Waals surface area contributed by atoms with Gasteiger partial charge >= 0.3 is 5.97 Å². The number of ketones is 1. The monoisotopic (exact) mass is 516 g/mol. The number of esters is 1. The lowest BCUT2D eigenvalue weighted by Gasteiger charge is -2.39. The highest BCUT2D eigenvalue weighted by Gasteiger charge is 2.47. The molecule has 0 fully saturated rings. The molecule has 1 heterocycles. The van der Waals surface area contributed by atoms with Gasteiger partial charge in [0.15, 0.2) is 5.75 Å². The molecular weight excluding hydrogens is 483 g/mol. The Kier molecular flexibility index (Phi) is 7.72. The Morgan fingerprint density at radius 3 is 2.37 bits per heavy atom. The number of benzene rings is 3. The van der Waals surface area contributed by atoms with Crippen molar-refractivity contribution in [2.24, 2.45) is 0 Å². The van der Waals surface area contributed by atoms with Gasteiger partial charge in [0.2, 0.25) is 0 Å². The fourth-order valence-electron chi connectivity index (χ4n) is 4.99. The Labute approximate surface area is 222 Å². The van der Waals surface area contributed by atoms with Crippen molar-refractivity contribution < 1.29 is 28.6 Å². The molecule has 0 saturated heterocycles. The first kappa shape index (κ1) is 27.1. The molecule has 0 amide bonds. The van der Waals surface area contributed by atoms with Crippen LogP contribution in [0.25, 0.3) is 16.7 Å². The predicted molar refractivity (Wildman–Crippen MR) is 146 cm³/mol. The van der Waals surface area contributed by atoms with Crippen LogP contribution in [0.15, 0.2) is 55.1 Å². The molecule has 5 nitrogen and oxygen atoms in total. The number of ether oxygens (including phenoxy) is 2. The number of cyclic esters (lactones) is 1. The molecule has 0 saturated carbocycles. The summed E-state index contributed by atoms with van der Waals surface area (Å²) < 4.78 is 26.2. The molecule has 1 unspecified atom stereocenters. The number of phenolic OH excluding ortho intramolecular Hbond substituents is 1. The van der Waals surface area contributed by atoms with Gasteiger partial charge in [-0.05, 0) is 80.6 Å². The van der Waals surface area contributed by atoms with E-state index in [2.05, 4.69) is 13.5 Å². The maximum atomic E-state index is 13.8. The van der Waals surface area contributed by atoms with Gasteiger partial charge in [-0.1, -0.05) is 55.7 Å². The van der Waals surface area contributed by atoms with Crippen molar-refractivity contribution in [3.05, 3.63) is 88.7 Å². The van der Waals surface area contributed by atoms with Crippen molar-refractivity contribution in [1.29, 1.82) is 0 Å². The van der Waals surface area contributed by atoms with Crippen LogP contribution in [0.1, 0.15) is 79.1 Å². The number of carbonyl (C=O) groups is 2. The zero-order valence-electron chi connectivity index (χ0n) is 22.3.